The first kappa shape index (κ1) is 15.5. The normalized spacial score (nSPS) is 11.8. The summed E-state index contributed by atoms with van der Waals surface area (Å²) in [4.78, 5) is 4.29. The molecule has 0 radical (unpaired) electrons. The number of pyridine rings is 1. The molecule has 1 rings (SSSR count). The third kappa shape index (κ3) is 3.99. The van der Waals surface area contributed by atoms with Gasteiger partial charge in [-0.1, -0.05) is 44.0 Å². The standard InChI is InChI=1S/C17H20N2O/c1-5-9-15(16(20)7-3)12-19-13(4)17-14(6-2)10-8-11-18-17/h5-11,19-20H,2-4,12H2,1H3/b9-5-,16-15-. The number of allylic oxidation sites excluding steroid dienone is 2. The summed E-state index contributed by atoms with van der Waals surface area (Å²) in [5, 5.41) is 12.9. The van der Waals surface area contributed by atoms with Crippen molar-refractivity contribution < 1.29 is 5.11 Å². The number of aromatic nitrogens is 1. The SMILES string of the molecule is C=C/C(O)=C(\C=C/C)CNC(=C)c1ncccc1C=C. The lowest BCUT2D eigenvalue weighted by Gasteiger charge is -2.12. The molecule has 0 aliphatic heterocycles. The Balaban J connectivity index is 2.86. The first-order valence-corrected chi connectivity index (χ1v) is 6.31. The fourth-order valence-electron chi connectivity index (χ4n) is 1.69. The summed E-state index contributed by atoms with van der Waals surface area (Å²) in [7, 11) is 0. The van der Waals surface area contributed by atoms with Crippen LogP contribution in [0.1, 0.15) is 18.2 Å². The molecule has 0 atom stereocenters. The van der Waals surface area contributed by atoms with Gasteiger partial charge in [-0.05, 0) is 19.1 Å². The molecule has 1 aromatic heterocycles. The molecule has 3 heteroatoms. The predicted octanol–water partition coefficient (Wildman–Crippen LogP) is 3.86. The van der Waals surface area contributed by atoms with Crippen molar-refractivity contribution in [2.75, 3.05) is 6.54 Å². The molecule has 0 aliphatic rings. The second-order valence-electron chi connectivity index (χ2n) is 4.09. The van der Waals surface area contributed by atoms with Gasteiger partial charge in [-0.25, -0.2) is 0 Å². The molecule has 3 nitrogen and oxygen atoms in total. The Bertz CT molecular complexity index is 568. The summed E-state index contributed by atoms with van der Waals surface area (Å²) in [6.07, 6.45) is 8.54. The van der Waals surface area contributed by atoms with Crippen LogP contribution in [0.2, 0.25) is 0 Å². The van der Waals surface area contributed by atoms with Crippen molar-refractivity contribution in [3.63, 3.8) is 0 Å². The molecule has 104 valence electrons. The van der Waals surface area contributed by atoms with E-state index in [1.165, 1.54) is 6.08 Å². The monoisotopic (exact) mass is 268 g/mol. The van der Waals surface area contributed by atoms with Gasteiger partial charge < -0.3 is 10.4 Å². The van der Waals surface area contributed by atoms with Crippen molar-refractivity contribution in [1.82, 2.24) is 10.3 Å². The van der Waals surface area contributed by atoms with Crippen LogP contribution in [0.15, 0.2) is 67.6 Å². The molecular weight excluding hydrogens is 248 g/mol. The zero-order chi connectivity index (χ0) is 15.0. The maximum Gasteiger partial charge on any atom is 0.119 e. The zero-order valence-corrected chi connectivity index (χ0v) is 11.8. The molecule has 0 spiro atoms. The lowest BCUT2D eigenvalue weighted by molar-refractivity contribution is 0.426. The van der Waals surface area contributed by atoms with Gasteiger partial charge in [0.25, 0.3) is 0 Å². The number of rotatable bonds is 7. The minimum Gasteiger partial charge on any atom is -0.508 e. The molecule has 0 unspecified atom stereocenters. The maximum absolute atomic E-state index is 9.74. The van der Waals surface area contributed by atoms with E-state index in [1.54, 1.807) is 12.3 Å². The third-order valence-electron chi connectivity index (χ3n) is 2.73. The first-order chi connectivity index (χ1) is 9.63. The van der Waals surface area contributed by atoms with Crippen LogP contribution in [0.4, 0.5) is 0 Å². The van der Waals surface area contributed by atoms with E-state index < -0.39 is 0 Å². The zero-order valence-electron chi connectivity index (χ0n) is 11.8. The van der Waals surface area contributed by atoms with E-state index >= 15 is 0 Å². The minimum absolute atomic E-state index is 0.147. The van der Waals surface area contributed by atoms with Crippen LogP contribution in [-0.2, 0) is 0 Å². The van der Waals surface area contributed by atoms with Crippen LogP contribution in [0.3, 0.4) is 0 Å². The largest absolute Gasteiger partial charge is 0.508 e. The minimum atomic E-state index is 0.147. The predicted molar refractivity (Wildman–Crippen MR) is 86.0 cm³/mol. The number of hydrogen-bond donors (Lipinski definition) is 2. The Kier molecular flexibility index (Phi) is 6.04. The van der Waals surface area contributed by atoms with E-state index in [9.17, 15) is 5.11 Å². The van der Waals surface area contributed by atoms with E-state index in [-0.39, 0.29) is 5.76 Å². The first-order valence-electron chi connectivity index (χ1n) is 6.31. The molecular formula is C17H20N2O. The quantitative estimate of drug-likeness (QED) is 0.583. The van der Waals surface area contributed by atoms with Gasteiger partial charge in [-0.2, -0.15) is 0 Å². The van der Waals surface area contributed by atoms with E-state index in [0.29, 0.717) is 12.2 Å². The molecule has 0 saturated heterocycles. The van der Waals surface area contributed by atoms with Crippen LogP contribution in [0.25, 0.3) is 11.8 Å². The van der Waals surface area contributed by atoms with Gasteiger partial charge in [0.15, 0.2) is 0 Å². The van der Waals surface area contributed by atoms with Crippen LogP contribution in [0, 0.1) is 0 Å². The van der Waals surface area contributed by atoms with Crippen molar-refractivity contribution in [3.8, 4) is 0 Å². The van der Waals surface area contributed by atoms with Crippen molar-refractivity contribution >= 4 is 11.8 Å². The number of hydrogen-bond acceptors (Lipinski definition) is 3. The molecule has 0 fully saturated rings. The Morgan fingerprint density at radius 3 is 2.80 bits per heavy atom. The summed E-state index contributed by atoms with van der Waals surface area (Å²) in [5.74, 6) is 0.147. The van der Waals surface area contributed by atoms with Gasteiger partial charge in [-0.15, -0.1) is 0 Å². The fourth-order valence-corrected chi connectivity index (χ4v) is 1.69. The van der Waals surface area contributed by atoms with Crippen LogP contribution < -0.4 is 5.32 Å². The molecule has 0 saturated carbocycles. The van der Waals surface area contributed by atoms with Crippen molar-refractivity contribution in [3.05, 3.63) is 78.9 Å². The van der Waals surface area contributed by atoms with E-state index in [2.05, 4.69) is 30.0 Å². The second kappa shape index (κ2) is 7.79. The summed E-state index contributed by atoms with van der Waals surface area (Å²) in [5.41, 5.74) is 3.08. The second-order valence-corrected chi connectivity index (χ2v) is 4.09. The Hall–Kier alpha value is -2.55. The molecule has 1 heterocycles. The molecule has 20 heavy (non-hydrogen) atoms. The number of nitrogens with zero attached hydrogens (tertiary/aromatic N) is 1. The summed E-state index contributed by atoms with van der Waals surface area (Å²) in [6, 6.07) is 3.77. The topological polar surface area (TPSA) is 45.1 Å². The Morgan fingerprint density at radius 2 is 2.20 bits per heavy atom. The van der Waals surface area contributed by atoms with Crippen molar-refractivity contribution in [2.45, 2.75) is 6.92 Å². The highest BCUT2D eigenvalue weighted by Gasteiger charge is 2.06. The maximum atomic E-state index is 9.74. The molecule has 0 aromatic carbocycles. The lowest BCUT2D eigenvalue weighted by Crippen LogP contribution is -2.16. The number of aliphatic hydroxyl groups excluding tert-OH is 1. The van der Waals surface area contributed by atoms with E-state index in [4.69, 9.17) is 0 Å². The molecule has 2 N–H and O–H groups in total. The van der Waals surface area contributed by atoms with Gasteiger partial charge in [0.05, 0.1) is 11.4 Å². The molecule has 1 aromatic rings. The molecule has 0 amide bonds. The highest BCUT2D eigenvalue weighted by Crippen LogP contribution is 2.14. The van der Waals surface area contributed by atoms with E-state index in [0.717, 1.165) is 16.8 Å². The number of nitrogens with one attached hydrogen (secondary N) is 1. The fraction of sp³-hybridized carbons (Fsp3) is 0.118. The summed E-state index contributed by atoms with van der Waals surface area (Å²) < 4.78 is 0. The van der Waals surface area contributed by atoms with E-state index in [1.807, 2.05) is 31.2 Å². The van der Waals surface area contributed by atoms with Crippen LogP contribution in [-0.4, -0.2) is 16.6 Å². The molecule has 0 bridgehead atoms. The average Bonchev–Trinajstić information content (AvgIpc) is 2.50. The smallest absolute Gasteiger partial charge is 0.119 e. The lowest BCUT2D eigenvalue weighted by atomic mass is 10.1. The van der Waals surface area contributed by atoms with Gasteiger partial charge in [0.2, 0.25) is 0 Å². The number of aliphatic hydroxyl groups is 1. The van der Waals surface area contributed by atoms with Gasteiger partial charge in [0.1, 0.15) is 5.76 Å². The summed E-state index contributed by atoms with van der Waals surface area (Å²) >= 11 is 0. The highest BCUT2D eigenvalue weighted by molar-refractivity contribution is 5.68. The molecule has 0 aliphatic carbocycles. The average molecular weight is 268 g/mol. The van der Waals surface area contributed by atoms with Crippen molar-refractivity contribution in [2.24, 2.45) is 0 Å². The summed E-state index contributed by atoms with van der Waals surface area (Å²) in [6.45, 7) is 13.6. The van der Waals surface area contributed by atoms with Crippen LogP contribution in [0.5, 0.6) is 0 Å². The van der Waals surface area contributed by atoms with Gasteiger partial charge in [-0.3, -0.25) is 4.98 Å². The Morgan fingerprint density at radius 1 is 1.45 bits per heavy atom. The van der Waals surface area contributed by atoms with Crippen molar-refractivity contribution in [1.29, 1.82) is 0 Å². The van der Waals surface area contributed by atoms with Gasteiger partial charge in [0, 0.05) is 23.9 Å². The third-order valence-corrected chi connectivity index (χ3v) is 2.73. The van der Waals surface area contributed by atoms with Gasteiger partial charge >= 0.3 is 0 Å². The highest BCUT2D eigenvalue weighted by atomic mass is 16.3. The Labute approximate surface area is 120 Å². The van der Waals surface area contributed by atoms with Crippen LogP contribution >= 0.6 is 0 Å².